The first kappa shape index (κ1) is 18.6. The molecule has 0 amide bonds. The lowest BCUT2D eigenvalue weighted by Crippen LogP contribution is -2.27. The number of allylic oxidation sites excluding steroid dienone is 2. The zero-order valence-corrected chi connectivity index (χ0v) is 15.3. The molecule has 0 saturated heterocycles. The topological polar surface area (TPSA) is 72.9 Å². The van der Waals surface area contributed by atoms with Crippen molar-refractivity contribution in [3.05, 3.63) is 65.5 Å². The van der Waals surface area contributed by atoms with E-state index in [0.29, 0.717) is 11.3 Å². The van der Waals surface area contributed by atoms with E-state index in [1.165, 1.54) is 20.3 Å². The maximum atomic E-state index is 12.4. The first-order valence-electron chi connectivity index (χ1n) is 8.76. The van der Waals surface area contributed by atoms with Gasteiger partial charge in [0, 0.05) is 23.4 Å². The van der Waals surface area contributed by atoms with E-state index in [1.807, 2.05) is 0 Å². The van der Waals surface area contributed by atoms with Gasteiger partial charge in [0.25, 0.3) is 0 Å². The average Bonchev–Trinajstić information content (AvgIpc) is 2.88. The van der Waals surface area contributed by atoms with Crippen LogP contribution < -0.4 is 4.90 Å². The van der Waals surface area contributed by atoms with Gasteiger partial charge in [-0.05, 0) is 49.3 Å². The van der Waals surface area contributed by atoms with E-state index in [1.54, 1.807) is 47.5 Å². The van der Waals surface area contributed by atoms with E-state index < -0.39 is 11.9 Å². The molecule has 1 aliphatic heterocycles. The second-order valence-electron chi connectivity index (χ2n) is 6.36. The zero-order valence-electron chi connectivity index (χ0n) is 15.3. The van der Waals surface area contributed by atoms with E-state index in [0.717, 1.165) is 19.3 Å². The van der Waals surface area contributed by atoms with Crippen molar-refractivity contribution in [2.24, 2.45) is 5.92 Å². The van der Waals surface area contributed by atoms with Crippen LogP contribution >= 0.6 is 0 Å². The summed E-state index contributed by atoms with van der Waals surface area (Å²) in [6.45, 7) is 0. The number of carbonyl (C=O) groups is 3. The number of carbonyl (C=O) groups excluding carboxylic acids is 3. The predicted molar refractivity (Wildman–Crippen MR) is 99.9 cm³/mol. The molecule has 1 fully saturated rings. The molecule has 6 nitrogen and oxygen atoms in total. The molecule has 0 bridgehead atoms. The number of anilines is 1. The highest BCUT2D eigenvalue weighted by Gasteiger charge is 2.28. The normalized spacial score (nSPS) is 16.6. The van der Waals surface area contributed by atoms with Gasteiger partial charge in [-0.2, -0.15) is 0 Å². The van der Waals surface area contributed by atoms with Crippen LogP contribution in [0.3, 0.4) is 0 Å². The summed E-state index contributed by atoms with van der Waals surface area (Å²) in [5, 5.41) is 0. The van der Waals surface area contributed by atoms with Crippen LogP contribution in [0.5, 0.6) is 0 Å². The van der Waals surface area contributed by atoms with Crippen molar-refractivity contribution in [3.63, 3.8) is 0 Å². The lowest BCUT2D eigenvalue weighted by Gasteiger charge is -2.25. The number of hydrogen-bond donors (Lipinski definition) is 0. The van der Waals surface area contributed by atoms with Crippen molar-refractivity contribution in [1.29, 1.82) is 0 Å². The van der Waals surface area contributed by atoms with Crippen LogP contribution in [0.4, 0.5) is 5.69 Å². The van der Waals surface area contributed by atoms with Gasteiger partial charge in [0.05, 0.1) is 19.8 Å². The van der Waals surface area contributed by atoms with Gasteiger partial charge in [0.15, 0.2) is 5.78 Å². The standard InChI is InChI=1S/C21H21NO5/c1-26-20(24)17-8-3-4-13-22(18(17)21(25)27-2)16-11-9-15(10-12-16)19(23)14-6-5-7-14/h3-4,8-14H,5-7H2,1-2H3. The fourth-order valence-corrected chi connectivity index (χ4v) is 3.06. The highest BCUT2D eigenvalue weighted by molar-refractivity contribution is 6.05. The molecule has 1 heterocycles. The third-order valence-electron chi connectivity index (χ3n) is 4.80. The molecule has 0 N–H and O–H groups in total. The molecule has 0 unspecified atom stereocenters. The maximum absolute atomic E-state index is 12.4. The first-order chi connectivity index (χ1) is 13.1. The fourth-order valence-electron chi connectivity index (χ4n) is 3.06. The summed E-state index contributed by atoms with van der Waals surface area (Å²) < 4.78 is 9.66. The summed E-state index contributed by atoms with van der Waals surface area (Å²) in [6.07, 6.45) is 9.49. The lowest BCUT2D eigenvalue weighted by atomic mass is 9.80. The Morgan fingerprint density at radius 2 is 1.63 bits per heavy atom. The van der Waals surface area contributed by atoms with Gasteiger partial charge in [-0.15, -0.1) is 0 Å². The predicted octanol–water partition coefficient (Wildman–Crippen LogP) is 3.16. The molecule has 1 aromatic rings. The molecular weight excluding hydrogens is 346 g/mol. The number of rotatable bonds is 5. The molecular formula is C21H21NO5. The second-order valence-corrected chi connectivity index (χ2v) is 6.36. The smallest absolute Gasteiger partial charge is 0.355 e. The number of hydrogen-bond acceptors (Lipinski definition) is 6. The molecule has 1 aromatic carbocycles. The fraction of sp³-hybridized carbons (Fsp3) is 0.286. The number of methoxy groups -OCH3 is 2. The van der Waals surface area contributed by atoms with Gasteiger partial charge in [-0.1, -0.05) is 12.5 Å². The monoisotopic (exact) mass is 367 g/mol. The Kier molecular flexibility index (Phi) is 5.54. The summed E-state index contributed by atoms with van der Waals surface area (Å²) in [7, 11) is 2.50. The molecule has 1 aliphatic carbocycles. The highest BCUT2D eigenvalue weighted by atomic mass is 16.5. The minimum atomic E-state index is -0.666. The van der Waals surface area contributed by atoms with Crippen molar-refractivity contribution in [1.82, 2.24) is 0 Å². The van der Waals surface area contributed by atoms with E-state index in [9.17, 15) is 14.4 Å². The van der Waals surface area contributed by atoms with Crippen LogP contribution in [-0.2, 0) is 19.1 Å². The SMILES string of the molecule is COC(=O)C1=C(C(=O)OC)N(c2ccc(C(=O)C3CCC3)cc2)C=CC=C1. The number of ketones is 1. The van der Waals surface area contributed by atoms with Gasteiger partial charge in [-0.25, -0.2) is 9.59 Å². The summed E-state index contributed by atoms with van der Waals surface area (Å²) >= 11 is 0. The third-order valence-corrected chi connectivity index (χ3v) is 4.80. The van der Waals surface area contributed by atoms with E-state index >= 15 is 0 Å². The third kappa shape index (κ3) is 3.69. The first-order valence-corrected chi connectivity index (χ1v) is 8.76. The van der Waals surface area contributed by atoms with Gasteiger partial charge < -0.3 is 14.4 Å². The number of benzene rings is 1. The van der Waals surface area contributed by atoms with Crippen molar-refractivity contribution < 1.29 is 23.9 Å². The Labute approximate surface area is 157 Å². The van der Waals surface area contributed by atoms with Gasteiger partial charge >= 0.3 is 11.9 Å². The Balaban J connectivity index is 1.98. The van der Waals surface area contributed by atoms with Gasteiger partial charge in [0.1, 0.15) is 5.70 Å². The van der Waals surface area contributed by atoms with Crippen LogP contribution in [0.15, 0.2) is 60.0 Å². The molecule has 27 heavy (non-hydrogen) atoms. The minimum Gasteiger partial charge on any atom is -0.465 e. The number of nitrogens with zero attached hydrogens (tertiary/aromatic N) is 1. The summed E-state index contributed by atoms with van der Waals surface area (Å²) in [5.41, 5.74) is 1.41. The number of ether oxygens (including phenoxy) is 2. The Morgan fingerprint density at radius 3 is 2.19 bits per heavy atom. The van der Waals surface area contributed by atoms with E-state index in [2.05, 4.69) is 0 Å². The van der Waals surface area contributed by atoms with E-state index in [-0.39, 0.29) is 23.0 Å². The molecule has 0 aromatic heterocycles. The molecule has 0 spiro atoms. The Bertz CT molecular complexity index is 844. The Morgan fingerprint density at radius 1 is 0.963 bits per heavy atom. The Hall–Kier alpha value is -3.15. The van der Waals surface area contributed by atoms with Crippen LogP contribution in [-0.4, -0.2) is 31.9 Å². The molecule has 3 rings (SSSR count). The van der Waals surface area contributed by atoms with Crippen LogP contribution in [0.25, 0.3) is 0 Å². The largest absolute Gasteiger partial charge is 0.465 e. The summed E-state index contributed by atoms with van der Waals surface area (Å²) in [4.78, 5) is 38.5. The van der Waals surface area contributed by atoms with Crippen molar-refractivity contribution in [2.75, 3.05) is 19.1 Å². The van der Waals surface area contributed by atoms with Crippen molar-refractivity contribution >= 4 is 23.4 Å². The van der Waals surface area contributed by atoms with Crippen LogP contribution in [0.1, 0.15) is 29.6 Å². The zero-order chi connectivity index (χ0) is 19.4. The molecule has 1 saturated carbocycles. The average molecular weight is 367 g/mol. The summed E-state index contributed by atoms with van der Waals surface area (Å²) in [6, 6.07) is 6.99. The van der Waals surface area contributed by atoms with Gasteiger partial charge in [0.2, 0.25) is 0 Å². The molecule has 6 heteroatoms. The number of esters is 2. The molecule has 2 aliphatic rings. The molecule has 0 atom stereocenters. The van der Waals surface area contributed by atoms with E-state index in [4.69, 9.17) is 9.47 Å². The van der Waals surface area contributed by atoms with Gasteiger partial charge in [-0.3, -0.25) is 4.79 Å². The highest BCUT2D eigenvalue weighted by Crippen LogP contribution is 2.31. The molecule has 140 valence electrons. The van der Waals surface area contributed by atoms with Crippen molar-refractivity contribution in [2.45, 2.75) is 19.3 Å². The summed E-state index contributed by atoms with van der Waals surface area (Å²) in [5.74, 6) is -1.03. The quantitative estimate of drug-likeness (QED) is 0.588. The lowest BCUT2D eigenvalue weighted by molar-refractivity contribution is -0.139. The van der Waals surface area contributed by atoms with Crippen molar-refractivity contribution in [3.8, 4) is 0 Å². The maximum Gasteiger partial charge on any atom is 0.355 e. The molecule has 0 radical (unpaired) electrons. The van der Waals surface area contributed by atoms with Crippen LogP contribution in [0.2, 0.25) is 0 Å². The second kappa shape index (κ2) is 8.03. The minimum absolute atomic E-state index is 0.0485. The number of Topliss-reactive ketones (excluding diaryl/α,β-unsaturated/α-hetero) is 1. The van der Waals surface area contributed by atoms with Crippen LogP contribution in [0, 0.1) is 5.92 Å².